The number of halogens is 1. The van der Waals surface area contributed by atoms with E-state index in [0.29, 0.717) is 28.8 Å². The standard InChI is InChI=1S/C24H22FN3O4S2/c1-30-18-8-14(9-19(31-2)22(18)32-3)10-26-20(29)12-34-24-21-17(11-33-23(21)27-13-28-24)15-4-6-16(25)7-5-15/h4-9,11,13H,10,12H2,1-3H3,(H,26,29). The van der Waals surface area contributed by atoms with Crippen molar-refractivity contribution in [3.63, 3.8) is 0 Å². The molecule has 34 heavy (non-hydrogen) atoms. The Morgan fingerprint density at radius 1 is 1.06 bits per heavy atom. The van der Waals surface area contributed by atoms with Crippen LogP contribution in [-0.4, -0.2) is 43.0 Å². The second kappa shape index (κ2) is 10.7. The Morgan fingerprint density at radius 3 is 2.41 bits per heavy atom. The van der Waals surface area contributed by atoms with Crippen molar-refractivity contribution < 1.29 is 23.4 Å². The van der Waals surface area contributed by atoms with Gasteiger partial charge in [-0.25, -0.2) is 14.4 Å². The van der Waals surface area contributed by atoms with E-state index in [9.17, 15) is 9.18 Å². The normalized spacial score (nSPS) is 10.8. The van der Waals surface area contributed by atoms with Gasteiger partial charge in [0.25, 0.3) is 0 Å². The minimum atomic E-state index is -0.294. The van der Waals surface area contributed by atoms with Crippen LogP contribution in [0.4, 0.5) is 4.39 Å². The number of hydrogen-bond acceptors (Lipinski definition) is 8. The molecule has 0 bridgehead atoms. The molecule has 2 heterocycles. The molecule has 176 valence electrons. The van der Waals surface area contributed by atoms with Crippen LogP contribution in [0, 0.1) is 5.82 Å². The molecular weight excluding hydrogens is 477 g/mol. The molecule has 0 radical (unpaired) electrons. The van der Waals surface area contributed by atoms with Gasteiger partial charge in [-0.15, -0.1) is 11.3 Å². The number of thioether (sulfide) groups is 1. The molecule has 10 heteroatoms. The fourth-order valence-electron chi connectivity index (χ4n) is 3.42. The Kier molecular flexibility index (Phi) is 7.49. The summed E-state index contributed by atoms with van der Waals surface area (Å²) in [4.78, 5) is 22.1. The van der Waals surface area contributed by atoms with Crippen LogP contribution in [0.1, 0.15) is 5.56 Å². The van der Waals surface area contributed by atoms with Crippen molar-refractivity contribution in [1.29, 1.82) is 0 Å². The van der Waals surface area contributed by atoms with Crippen molar-refractivity contribution in [1.82, 2.24) is 15.3 Å². The lowest BCUT2D eigenvalue weighted by molar-refractivity contribution is -0.118. The molecular formula is C24H22FN3O4S2. The Balaban J connectivity index is 1.46. The molecule has 0 aliphatic heterocycles. The predicted octanol–water partition coefficient (Wildman–Crippen LogP) is 4.93. The van der Waals surface area contributed by atoms with E-state index in [1.54, 1.807) is 38.5 Å². The third kappa shape index (κ3) is 5.07. The van der Waals surface area contributed by atoms with Crippen LogP contribution >= 0.6 is 23.1 Å². The van der Waals surface area contributed by atoms with E-state index in [0.717, 1.165) is 26.9 Å². The second-order valence-corrected chi connectivity index (χ2v) is 8.94. The first-order valence-electron chi connectivity index (χ1n) is 10.2. The zero-order valence-electron chi connectivity index (χ0n) is 18.8. The topological polar surface area (TPSA) is 82.6 Å². The van der Waals surface area contributed by atoms with Gasteiger partial charge in [-0.1, -0.05) is 23.9 Å². The van der Waals surface area contributed by atoms with E-state index in [4.69, 9.17) is 14.2 Å². The quantitative estimate of drug-likeness (QED) is 0.258. The van der Waals surface area contributed by atoms with Crippen LogP contribution < -0.4 is 19.5 Å². The zero-order chi connectivity index (χ0) is 24.1. The summed E-state index contributed by atoms with van der Waals surface area (Å²) in [7, 11) is 4.63. The fraction of sp³-hybridized carbons (Fsp3) is 0.208. The molecule has 4 rings (SSSR count). The molecule has 0 spiro atoms. The van der Waals surface area contributed by atoms with Gasteiger partial charge >= 0.3 is 0 Å². The summed E-state index contributed by atoms with van der Waals surface area (Å²) in [5.74, 6) is 1.28. The summed E-state index contributed by atoms with van der Waals surface area (Å²) in [6.45, 7) is 0.300. The van der Waals surface area contributed by atoms with Crippen LogP contribution in [0.3, 0.4) is 0 Å². The van der Waals surface area contributed by atoms with E-state index in [1.807, 2.05) is 5.38 Å². The number of amides is 1. The molecule has 7 nitrogen and oxygen atoms in total. The average molecular weight is 500 g/mol. The van der Waals surface area contributed by atoms with Crippen molar-refractivity contribution in [2.45, 2.75) is 11.6 Å². The van der Waals surface area contributed by atoms with Crippen LogP contribution in [0.25, 0.3) is 21.3 Å². The highest BCUT2D eigenvalue weighted by Gasteiger charge is 2.16. The lowest BCUT2D eigenvalue weighted by Crippen LogP contribution is -2.24. The first kappa shape index (κ1) is 23.8. The maximum Gasteiger partial charge on any atom is 0.230 e. The highest BCUT2D eigenvalue weighted by molar-refractivity contribution is 8.00. The number of benzene rings is 2. The Morgan fingerprint density at radius 2 is 1.76 bits per heavy atom. The van der Waals surface area contributed by atoms with E-state index in [2.05, 4.69) is 15.3 Å². The van der Waals surface area contributed by atoms with E-state index < -0.39 is 0 Å². The molecule has 0 aliphatic carbocycles. The minimum absolute atomic E-state index is 0.149. The van der Waals surface area contributed by atoms with Gasteiger partial charge in [0.1, 0.15) is 22.0 Å². The number of rotatable bonds is 9. The largest absolute Gasteiger partial charge is 0.493 e. The summed E-state index contributed by atoms with van der Waals surface area (Å²) >= 11 is 2.82. The van der Waals surface area contributed by atoms with Gasteiger partial charge in [0.2, 0.25) is 11.7 Å². The van der Waals surface area contributed by atoms with Gasteiger partial charge < -0.3 is 19.5 Å². The molecule has 0 saturated carbocycles. The van der Waals surface area contributed by atoms with Crippen molar-refractivity contribution >= 4 is 39.2 Å². The summed E-state index contributed by atoms with van der Waals surface area (Å²) < 4.78 is 29.4. The van der Waals surface area contributed by atoms with E-state index in [1.165, 1.54) is 48.7 Å². The monoisotopic (exact) mass is 499 g/mol. The van der Waals surface area contributed by atoms with Crippen LogP contribution in [0.2, 0.25) is 0 Å². The van der Waals surface area contributed by atoms with Gasteiger partial charge in [0.05, 0.1) is 32.5 Å². The van der Waals surface area contributed by atoms with Crippen molar-refractivity contribution in [2.24, 2.45) is 0 Å². The average Bonchev–Trinajstić information content (AvgIpc) is 3.30. The van der Waals surface area contributed by atoms with Gasteiger partial charge in [-0.3, -0.25) is 4.79 Å². The number of carbonyl (C=O) groups excluding carboxylic acids is 1. The maximum absolute atomic E-state index is 13.4. The summed E-state index contributed by atoms with van der Waals surface area (Å²) in [5.41, 5.74) is 2.60. The van der Waals surface area contributed by atoms with Gasteiger partial charge in [-0.2, -0.15) is 0 Å². The smallest absolute Gasteiger partial charge is 0.230 e. The summed E-state index contributed by atoms with van der Waals surface area (Å²) in [5, 5.41) is 6.45. The van der Waals surface area contributed by atoms with Crippen molar-refractivity contribution in [3.8, 4) is 28.4 Å². The first-order chi connectivity index (χ1) is 16.5. The lowest BCUT2D eigenvalue weighted by atomic mass is 10.1. The molecule has 0 unspecified atom stereocenters. The van der Waals surface area contributed by atoms with Gasteiger partial charge in [-0.05, 0) is 35.4 Å². The number of fused-ring (bicyclic) bond motifs is 1. The molecule has 0 aliphatic rings. The number of nitrogens with zero attached hydrogens (tertiary/aromatic N) is 2. The molecule has 0 saturated heterocycles. The second-order valence-electron chi connectivity index (χ2n) is 7.11. The van der Waals surface area contributed by atoms with Gasteiger partial charge in [0.15, 0.2) is 11.5 Å². The molecule has 2 aromatic carbocycles. The van der Waals surface area contributed by atoms with Crippen molar-refractivity contribution in [3.05, 3.63) is 59.5 Å². The zero-order valence-corrected chi connectivity index (χ0v) is 20.4. The Hall–Kier alpha value is -3.37. The number of carbonyl (C=O) groups is 1. The summed E-state index contributed by atoms with van der Waals surface area (Å²) in [6, 6.07) is 9.88. The lowest BCUT2D eigenvalue weighted by Gasteiger charge is -2.14. The molecule has 4 aromatic rings. The van der Waals surface area contributed by atoms with E-state index >= 15 is 0 Å². The van der Waals surface area contributed by atoms with Crippen LogP contribution in [0.15, 0.2) is 53.1 Å². The minimum Gasteiger partial charge on any atom is -0.493 e. The third-order valence-electron chi connectivity index (χ3n) is 5.04. The highest BCUT2D eigenvalue weighted by Crippen LogP contribution is 2.39. The molecule has 1 N–H and O–H groups in total. The Labute approximate surface area is 204 Å². The number of hydrogen-bond donors (Lipinski definition) is 1. The molecule has 2 aromatic heterocycles. The number of ether oxygens (including phenoxy) is 3. The Bertz CT molecular complexity index is 1290. The third-order valence-corrected chi connectivity index (χ3v) is 6.92. The number of methoxy groups -OCH3 is 3. The maximum atomic E-state index is 13.4. The number of thiophene rings is 1. The SMILES string of the molecule is COc1cc(CNC(=O)CSc2ncnc3scc(-c4ccc(F)cc4)c23)cc(OC)c1OC. The van der Waals surface area contributed by atoms with Crippen LogP contribution in [-0.2, 0) is 11.3 Å². The number of nitrogens with one attached hydrogen (secondary N) is 1. The number of aromatic nitrogens is 2. The molecule has 0 fully saturated rings. The molecule has 1 amide bonds. The first-order valence-corrected chi connectivity index (χ1v) is 12.1. The molecule has 0 atom stereocenters. The predicted molar refractivity (Wildman–Crippen MR) is 131 cm³/mol. The van der Waals surface area contributed by atoms with Crippen LogP contribution in [0.5, 0.6) is 17.2 Å². The highest BCUT2D eigenvalue weighted by atomic mass is 32.2. The van der Waals surface area contributed by atoms with Crippen molar-refractivity contribution in [2.75, 3.05) is 27.1 Å². The fourth-order valence-corrected chi connectivity index (χ4v) is 5.25. The summed E-state index contributed by atoms with van der Waals surface area (Å²) in [6.07, 6.45) is 1.49. The van der Waals surface area contributed by atoms with Gasteiger partial charge in [0, 0.05) is 17.5 Å². The van der Waals surface area contributed by atoms with E-state index in [-0.39, 0.29) is 17.5 Å².